The predicted molar refractivity (Wildman–Crippen MR) is 91.6 cm³/mol. The molecule has 24 heavy (non-hydrogen) atoms. The first-order valence-corrected chi connectivity index (χ1v) is 7.46. The van der Waals surface area contributed by atoms with Crippen molar-refractivity contribution in [2.75, 3.05) is 7.11 Å². The van der Waals surface area contributed by atoms with Gasteiger partial charge in [-0.05, 0) is 54.6 Å². The second kappa shape index (κ2) is 5.38. The van der Waals surface area contributed by atoms with Gasteiger partial charge in [0.15, 0.2) is 0 Å². The summed E-state index contributed by atoms with van der Waals surface area (Å²) in [6.07, 6.45) is 1.95. The summed E-state index contributed by atoms with van der Waals surface area (Å²) in [5.41, 5.74) is 4.46. The van der Waals surface area contributed by atoms with E-state index in [2.05, 4.69) is 0 Å². The number of benzene rings is 2. The first kappa shape index (κ1) is 14.3. The van der Waals surface area contributed by atoms with Crippen LogP contribution in [0.15, 0.2) is 60.8 Å². The monoisotopic (exact) mass is 318 g/mol. The number of ether oxygens (including phenoxy) is 1. The van der Waals surface area contributed by atoms with Gasteiger partial charge in [0.25, 0.3) is 0 Å². The van der Waals surface area contributed by atoms with Crippen molar-refractivity contribution in [3.05, 3.63) is 66.4 Å². The van der Waals surface area contributed by atoms with Gasteiger partial charge in [-0.15, -0.1) is 0 Å². The zero-order chi connectivity index (χ0) is 16.7. The van der Waals surface area contributed by atoms with Crippen LogP contribution in [0.25, 0.3) is 27.8 Å². The van der Waals surface area contributed by atoms with E-state index in [1.165, 1.54) is 0 Å². The topological polar surface area (TPSA) is 63.8 Å². The molecule has 0 saturated carbocycles. The maximum atomic E-state index is 11.2. The van der Waals surface area contributed by atoms with E-state index >= 15 is 0 Å². The van der Waals surface area contributed by atoms with E-state index in [0.717, 1.165) is 28.0 Å². The average Bonchev–Trinajstić information content (AvgIpc) is 3.10. The lowest BCUT2D eigenvalue weighted by Gasteiger charge is -2.10. The highest BCUT2D eigenvalue weighted by Crippen LogP contribution is 2.28. The number of carboxylic acids is 1. The standard InChI is InChI=1S/C19H14N2O3/c1-24-14-7-4-12(5-8-14)18-17-3-2-10-21(17)16-9-6-13(19(22)23)11-15(16)20-18/h2-11H,1H3,(H,22,23). The van der Waals surface area contributed by atoms with Crippen molar-refractivity contribution in [1.82, 2.24) is 9.38 Å². The summed E-state index contributed by atoms with van der Waals surface area (Å²) >= 11 is 0. The van der Waals surface area contributed by atoms with Crippen LogP contribution in [0.3, 0.4) is 0 Å². The summed E-state index contributed by atoms with van der Waals surface area (Å²) in [4.78, 5) is 16.0. The Bertz CT molecular complexity index is 1070. The normalized spacial score (nSPS) is 11.0. The molecule has 2 aromatic carbocycles. The lowest BCUT2D eigenvalue weighted by molar-refractivity contribution is 0.0697. The van der Waals surface area contributed by atoms with Crippen LogP contribution < -0.4 is 4.74 Å². The minimum atomic E-state index is -0.961. The lowest BCUT2D eigenvalue weighted by atomic mass is 10.1. The molecule has 1 N–H and O–H groups in total. The Kier molecular flexibility index (Phi) is 3.20. The summed E-state index contributed by atoms with van der Waals surface area (Å²) in [5.74, 6) is -0.184. The number of nitrogens with zero attached hydrogens (tertiary/aromatic N) is 2. The molecule has 4 aromatic rings. The first-order valence-electron chi connectivity index (χ1n) is 7.46. The van der Waals surface area contributed by atoms with Gasteiger partial charge < -0.3 is 14.2 Å². The van der Waals surface area contributed by atoms with Gasteiger partial charge in [0, 0.05) is 11.8 Å². The third-order valence-corrected chi connectivity index (χ3v) is 4.07. The van der Waals surface area contributed by atoms with E-state index in [1.54, 1.807) is 25.3 Å². The van der Waals surface area contributed by atoms with Crippen LogP contribution in [0.2, 0.25) is 0 Å². The van der Waals surface area contributed by atoms with E-state index in [-0.39, 0.29) is 5.56 Å². The smallest absolute Gasteiger partial charge is 0.335 e. The van der Waals surface area contributed by atoms with Gasteiger partial charge >= 0.3 is 5.97 Å². The maximum absolute atomic E-state index is 11.2. The zero-order valence-corrected chi connectivity index (χ0v) is 12.9. The predicted octanol–water partition coefficient (Wildman–Crippen LogP) is 3.86. The molecule has 0 spiro atoms. The maximum Gasteiger partial charge on any atom is 0.335 e. The Morgan fingerprint density at radius 3 is 2.58 bits per heavy atom. The summed E-state index contributed by atoms with van der Waals surface area (Å²) in [6, 6.07) is 16.6. The van der Waals surface area contributed by atoms with Gasteiger partial charge in [-0.1, -0.05) is 0 Å². The lowest BCUT2D eigenvalue weighted by Crippen LogP contribution is -1.99. The second-order valence-corrected chi connectivity index (χ2v) is 5.46. The number of carbonyl (C=O) groups is 1. The summed E-state index contributed by atoms with van der Waals surface area (Å²) < 4.78 is 7.22. The van der Waals surface area contributed by atoms with Crippen molar-refractivity contribution in [2.45, 2.75) is 0 Å². The minimum absolute atomic E-state index is 0.224. The van der Waals surface area contributed by atoms with Gasteiger partial charge in [-0.25, -0.2) is 9.78 Å². The number of carboxylic acid groups (broad SMARTS) is 1. The molecular formula is C19H14N2O3. The van der Waals surface area contributed by atoms with E-state index in [9.17, 15) is 9.90 Å². The number of fused-ring (bicyclic) bond motifs is 3. The van der Waals surface area contributed by atoms with Crippen LogP contribution in [0.4, 0.5) is 0 Å². The Labute approximate surface area is 137 Å². The van der Waals surface area contributed by atoms with E-state index < -0.39 is 5.97 Å². The molecular weight excluding hydrogens is 304 g/mol. The molecule has 0 fully saturated rings. The molecule has 2 aromatic heterocycles. The van der Waals surface area contributed by atoms with Crippen molar-refractivity contribution in [2.24, 2.45) is 0 Å². The van der Waals surface area contributed by atoms with E-state index in [1.807, 2.05) is 47.0 Å². The molecule has 0 aliphatic rings. The van der Waals surface area contributed by atoms with Crippen molar-refractivity contribution in [1.29, 1.82) is 0 Å². The van der Waals surface area contributed by atoms with Crippen LogP contribution in [-0.2, 0) is 0 Å². The number of methoxy groups -OCH3 is 1. The number of aromatic carboxylic acids is 1. The van der Waals surface area contributed by atoms with Gasteiger partial charge in [0.05, 0.1) is 34.9 Å². The Balaban J connectivity index is 2.01. The molecule has 0 radical (unpaired) electrons. The molecule has 2 heterocycles. The van der Waals surface area contributed by atoms with Crippen molar-refractivity contribution in [3.8, 4) is 17.0 Å². The van der Waals surface area contributed by atoms with Crippen LogP contribution in [0, 0.1) is 0 Å². The zero-order valence-electron chi connectivity index (χ0n) is 12.9. The van der Waals surface area contributed by atoms with Crippen molar-refractivity contribution >= 4 is 22.5 Å². The van der Waals surface area contributed by atoms with Gasteiger partial charge in [-0.2, -0.15) is 0 Å². The highest BCUT2D eigenvalue weighted by atomic mass is 16.5. The third kappa shape index (κ3) is 2.18. The molecule has 5 heteroatoms. The van der Waals surface area contributed by atoms with E-state index in [0.29, 0.717) is 5.52 Å². The Morgan fingerprint density at radius 2 is 1.88 bits per heavy atom. The molecule has 0 aliphatic heterocycles. The molecule has 0 unspecified atom stereocenters. The van der Waals surface area contributed by atoms with Crippen molar-refractivity contribution in [3.63, 3.8) is 0 Å². The van der Waals surface area contributed by atoms with Crippen molar-refractivity contribution < 1.29 is 14.6 Å². The fourth-order valence-corrected chi connectivity index (χ4v) is 2.87. The van der Waals surface area contributed by atoms with E-state index in [4.69, 9.17) is 9.72 Å². The highest BCUT2D eigenvalue weighted by molar-refractivity contribution is 5.94. The number of hydrogen-bond acceptors (Lipinski definition) is 3. The SMILES string of the molecule is COc1ccc(-c2nc3cc(C(=O)O)ccc3n3cccc23)cc1. The second-order valence-electron chi connectivity index (χ2n) is 5.46. The number of rotatable bonds is 3. The Morgan fingerprint density at radius 1 is 1.08 bits per heavy atom. The third-order valence-electron chi connectivity index (χ3n) is 4.07. The summed E-state index contributed by atoms with van der Waals surface area (Å²) in [7, 11) is 1.63. The molecule has 118 valence electrons. The molecule has 5 nitrogen and oxygen atoms in total. The van der Waals surface area contributed by atoms with Crippen LogP contribution in [0.1, 0.15) is 10.4 Å². The minimum Gasteiger partial charge on any atom is -0.497 e. The molecule has 0 aliphatic carbocycles. The van der Waals surface area contributed by atoms with Crippen LogP contribution in [0.5, 0.6) is 5.75 Å². The number of hydrogen-bond donors (Lipinski definition) is 1. The quantitative estimate of drug-likeness (QED) is 0.623. The summed E-state index contributed by atoms with van der Waals surface area (Å²) in [5, 5.41) is 9.21. The molecule has 0 atom stereocenters. The summed E-state index contributed by atoms with van der Waals surface area (Å²) in [6.45, 7) is 0. The molecule has 0 saturated heterocycles. The molecule has 4 rings (SSSR count). The number of aromatic nitrogens is 2. The molecule has 0 bridgehead atoms. The Hall–Kier alpha value is -3.34. The van der Waals surface area contributed by atoms with Crippen LogP contribution >= 0.6 is 0 Å². The largest absolute Gasteiger partial charge is 0.497 e. The van der Waals surface area contributed by atoms with Crippen LogP contribution in [-0.4, -0.2) is 27.6 Å². The average molecular weight is 318 g/mol. The molecule has 0 amide bonds. The van der Waals surface area contributed by atoms with Gasteiger partial charge in [0.1, 0.15) is 5.75 Å². The first-order chi connectivity index (χ1) is 11.7. The fourth-order valence-electron chi connectivity index (χ4n) is 2.87. The fraction of sp³-hybridized carbons (Fsp3) is 0.0526. The van der Waals surface area contributed by atoms with Gasteiger partial charge in [-0.3, -0.25) is 0 Å². The van der Waals surface area contributed by atoms with Gasteiger partial charge in [0.2, 0.25) is 0 Å². The highest BCUT2D eigenvalue weighted by Gasteiger charge is 2.12.